The summed E-state index contributed by atoms with van der Waals surface area (Å²) in [6, 6.07) is 0.691. The van der Waals surface area contributed by atoms with Crippen LogP contribution in [-0.2, 0) is 0 Å². The first-order valence-corrected chi connectivity index (χ1v) is 8.04. The molecule has 0 spiro atoms. The highest BCUT2D eigenvalue weighted by Gasteiger charge is 2.41. The maximum atomic E-state index is 3.68. The number of nitrogens with one attached hydrogen (secondary N) is 1. The minimum atomic E-state index is 0.426. The molecule has 1 atom stereocenters. The Hall–Kier alpha value is -0.0800. The fourth-order valence-corrected chi connectivity index (χ4v) is 4.46. The van der Waals surface area contributed by atoms with E-state index in [0.29, 0.717) is 11.6 Å². The minimum absolute atomic E-state index is 0.426. The Morgan fingerprint density at radius 3 is 2.17 bits per heavy atom. The van der Waals surface area contributed by atoms with Gasteiger partial charge >= 0.3 is 0 Å². The first-order chi connectivity index (χ1) is 8.69. The third kappa shape index (κ3) is 2.91. The van der Waals surface area contributed by atoms with E-state index >= 15 is 0 Å². The van der Waals surface area contributed by atoms with Crippen LogP contribution >= 0.6 is 0 Å². The van der Waals surface area contributed by atoms with Gasteiger partial charge in [0.2, 0.25) is 0 Å². The Labute approximate surface area is 114 Å². The summed E-state index contributed by atoms with van der Waals surface area (Å²) in [6.07, 6.45) is 14.3. The lowest BCUT2D eigenvalue weighted by atomic mass is 9.72. The van der Waals surface area contributed by atoms with Crippen molar-refractivity contribution in [3.63, 3.8) is 0 Å². The van der Waals surface area contributed by atoms with Crippen LogP contribution in [0, 0.1) is 5.92 Å². The molecule has 0 heterocycles. The fraction of sp³-hybridized carbons (Fsp3) is 1.00. The molecule has 2 heteroatoms. The summed E-state index contributed by atoms with van der Waals surface area (Å²) >= 11 is 0. The molecule has 0 radical (unpaired) electrons. The molecule has 0 aliphatic heterocycles. The molecule has 0 bridgehead atoms. The van der Waals surface area contributed by atoms with Crippen molar-refractivity contribution in [3.8, 4) is 0 Å². The van der Waals surface area contributed by atoms with E-state index in [-0.39, 0.29) is 0 Å². The summed E-state index contributed by atoms with van der Waals surface area (Å²) in [7, 11) is 6.77. The van der Waals surface area contributed by atoms with Crippen molar-refractivity contribution >= 4 is 0 Å². The molecule has 2 saturated carbocycles. The van der Waals surface area contributed by atoms with E-state index in [2.05, 4.69) is 31.4 Å². The van der Waals surface area contributed by atoms with E-state index in [1.54, 1.807) is 0 Å². The number of rotatable bonds is 5. The molecule has 2 aliphatic carbocycles. The first kappa shape index (κ1) is 14.3. The second-order valence-electron chi connectivity index (χ2n) is 6.79. The predicted molar refractivity (Wildman–Crippen MR) is 78.9 cm³/mol. The Morgan fingerprint density at radius 2 is 1.67 bits per heavy atom. The third-order valence-electron chi connectivity index (χ3n) is 5.65. The molecule has 18 heavy (non-hydrogen) atoms. The number of hydrogen-bond donors (Lipinski definition) is 1. The van der Waals surface area contributed by atoms with Crippen molar-refractivity contribution in [2.24, 2.45) is 5.92 Å². The molecule has 2 fully saturated rings. The normalized spacial score (nSPS) is 26.7. The maximum absolute atomic E-state index is 3.68. The topological polar surface area (TPSA) is 15.3 Å². The maximum Gasteiger partial charge on any atom is 0.0356 e. The summed E-state index contributed by atoms with van der Waals surface area (Å²) in [4.78, 5) is 2.53. The number of nitrogens with zero attached hydrogens (tertiary/aromatic N) is 1. The molecule has 2 nitrogen and oxygen atoms in total. The highest BCUT2D eigenvalue weighted by molar-refractivity contribution is 5.01. The predicted octanol–water partition coefficient (Wildman–Crippen LogP) is 3.42. The largest absolute Gasteiger partial charge is 0.315 e. The minimum Gasteiger partial charge on any atom is -0.315 e. The van der Waals surface area contributed by atoms with Crippen LogP contribution in [0.4, 0.5) is 0 Å². The van der Waals surface area contributed by atoms with Gasteiger partial charge in [-0.1, -0.05) is 44.9 Å². The summed E-state index contributed by atoms with van der Waals surface area (Å²) < 4.78 is 0. The van der Waals surface area contributed by atoms with E-state index in [1.165, 1.54) is 64.2 Å². The highest BCUT2D eigenvalue weighted by atomic mass is 15.2. The van der Waals surface area contributed by atoms with Crippen LogP contribution in [0.3, 0.4) is 0 Å². The van der Waals surface area contributed by atoms with E-state index in [9.17, 15) is 0 Å². The average Bonchev–Trinajstić information content (AvgIpc) is 2.89. The van der Waals surface area contributed by atoms with Gasteiger partial charge in [-0.25, -0.2) is 0 Å². The van der Waals surface area contributed by atoms with Gasteiger partial charge in [-0.2, -0.15) is 0 Å². The van der Waals surface area contributed by atoms with Crippen molar-refractivity contribution < 1.29 is 0 Å². The molecule has 0 aromatic heterocycles. The van der Waals surface area contributed by atoms with Crippen LogP contribution in [-0.4, -0.2) is 37.6 Å². The van der Waals surface area contributed by atoms with Gasteiger partial charge in [-0.15, -0.1) is 0 Å². The van der Waals surface area contributed by atoms with Gasteiger partial charge in [-0.3, -0.25) is 0 Å². The molecule has 0 saturated heterocycles. The fourth-order valence-electron chi connectivity index (χ4n) is 4.46. The SMILES string of the molecule is CNC(CC1CCCC1)C1(N(C)C)CCCCC1. The molecule has 0 amide bonds. The third-order valence-corrected chi connectivity index (χ3v) is 5.65. The summed E-state index contributed by atoms with van der Waals surface area (Å²) in [6.45, 7) is 0. The summed E-state index contributed by atoms with van der Waals surface area (Å²) in [5.41, 5.74) is 0.426. The van der Waals surface area contributed by atoms with Gasteiger partial charge in [-0.05, 0) is 46.3 Å². The lowest BCUT2D eigenvalue weighted by Crippen LogP contribution is -2.59. The van der Waals surface area contributed by atoms with Crippen LogP contribution in [0.1, 0.15) is 64.2 Å². The zero-order valence-electron chi connectivity index (χ0n) is 12.7. The van der Waals surface area contributed by atoms with Gasteiger partial charge in [0.15, 0.2) is 0 Å². The number of hydrogen-bond acceptors (Lipinski definition) is 2. The second-order valence-corrected chi connectivity index (χ2v) is 6.79. The standard InChI is InChI=1S/C16H32N2/c1-17-15(13-14-9-5-6-10-14)16(18(2)3)11-7-4-8-12-16/h14-15,17H,4-13H2,1-3H3. The molecule has 1 N–H and O–H groups in total. The van der Waals surface area contributed by atoms with Crippen LogP contribution in [0.25, 0.3) is 0 Å². The zero-order valence-corrected chi connectivity index (χ0v) is 12.7. The molecule has 0 aromatic rings. The van der Waals surface area contributed by atoms with Crippen molar-refractivity contribution in [3.05, 3.63) is 0 Å². The van der Waals surface area contributed by atoms with Crippen molar-refractivity contribution in [2.75, 3.05) is 21.1 Å². The highest BCUT2D eigenvalue weighted by Crippen LogP contribution is 2.39. The van der Waals surface area contributed by atoms with Crippen LogP contribution < -0.4 is 5.32 Å². The van der Waals surface area contributed by atoms with Gasteiger partial charge in [0.25, 0.3) is 0 Å². The van der Waals surface area contributed by atoms with Gasteiger partial charge in [0, 0.05) is 11.6 Å². The quantitative estimate of drug-likeness (QED) is 0.806. The molecular weight excluding hydrogens is 220 g/mol. The molecule has 2 rings (SSSR count). The second kappa shape index (κ2) is 6.38. The first-order valence-electron chi connectivity index (χ1n) is 8.04. The monoisotopic (exact) mass is 252 g/mol. The molecule has 0 aromatic carbocycles. The van der Waals surface area contributed by atoms with Gasteiger partial charge < -0.3 is 10.2 Å². The average molecular weight is 252 g/mol. The lowest BCUT2D eigenvalue weighted by molar-refractivity contribution is 0.0501. The Bertz CT molecular complexity index is 237. The summed E-state index contributed by atoms with van der Waals surface area (Å²) in [5, 5.41) is 3.68. The van der Waals surface area contributed by atoms with Gasteiger partial charge in [0.05, 0.1) is 0 Å². The van der Waals surface area contributed by atoms with Crippen molar-refractivity contribution in [1.29, 1.82) is 0 Å². The van der Waals surface area contributed by atoms with E-state index < -0.39 is 0 Å². The molecular formula is C16H32N2. The zero-order chi connectivity index (χ0) is 13.0. The summed E-state index contributed by atoms with van der Waals surface area (Å²) in [5.74, 6) is 0.987. The van der Waals surface area contributed by atoms with Crippen molar-refractivity contribution in [1.82, 2.24) is 10.2 Å². The van der Waals surface area contributed by atoms with E-state index in [4.69, 9.17) is 0 Å². The molecule has 2 aliphatic rings. The van der Waals surface area contributed by atoms with E-state index in [0.717, 1.165) is 5.92 Å². The van der Waals surface area contributed by atoms with Crippen LogP contribution in [0.5, 0.6) is 0 Å². The van der Waals surface area contributed by atoms with Crippen LogP contribution in [0.15, 0.2) is 0 Å². The Morgan fingerprint density at radius 1 is 1.06 bits per heavy atom. The number of likely N-dealkylation sites (N-methyl/N-ethyl adjacent to an activating group) is 2. The smallest absolute Gasteiger partial charge is 0.0356 e. The lowest BCUT2D eigenvalue weighted by Gasteiger charge is -2.49. The molecule has 106 valence electrons. The van der Waals surface area contributed by atoms with Crippen molar-refractivity contribution in [2.45, 2.75) is 75.8 Å². The van der Waals surface area contributed by atoms with Gasteiger partial charge in [0.1, 0.15) is 0 Å². The Kier molecular flexibility index (Phi) is 5.08. The van der Waals surface area contributed by atoms with E-state index in [1.807, 2.05) is 0 Å². The van der Waals surface area contributed by atoms with Crippen LogP contribution in [0.2, 0.25) is 0 Å². The Balaban J connectivity index is 2.05. The molecule has 1 unspecified atom stereocenters.